The van der Waals surface area contributed by atoms with Crippen LogP contribution >= 0.6 is 11.5 Å². The minimum absolute atomic E-state index is 0.528. The third-order valence-corrected chi connectivity index (χ3v) is 4.52. The van der Waals surface area contributed by atoms with E-state index in [9.17, 15) is 0 Å². The summed E-state index contributed by atoms with van der Waals surface area (Å²) in [6.07, 6.45) is 3.57. The standard InChI is InChI=1S/C12H20N4OS/c1-9-13-12(18-15-9)14-10-2-5-16(8-10)11-3-6-17-7-4-11/h10-11H,2-8H2,1H3,(H,13,14,15). The van der Waals surface area contributed by atoms with Gasteiger partial charge in [0, 0.05) is 49.9 Å². The molecule has 1 atom stereocenters. The summed E-state index contributed by atoms with van der Waals surface area (Å²) in [5.41, 5.74) is 0. The first-order valence-electron chi connectivity index (χ1n) is 6.70. The first-order chi connectivity index (χ1) is 8.81. The lowest BCUT2D eigenvalue weighted by Gasteiger charge is -2.31. The maximum atomic E-state index is 5.43. The molecule has 2 saturated heterocycles. The first kappa shape index (κ1) is 12.3. The van der Waals surface area contributed by atoms with E-state index in [1.807, 2.05) is 6.92 Å². The summed E-state index contributed by atoms with van der Waals surface area (Å²) >= 11 is 1.46. The summed E-state index contributed by atoms with van der Waals surface area (Å²) in [4.78, 5) is 6.97. The maximum Gasteiger partial charge on any atom is 0.202 e. The van der Waals surface area contributed by atoms with Gasteiger partial charge in [0.15, 0.2) is 0 Å². The summed E-state index contributed by atoms with van der Waals surface area (Å²) in [5.74, 6) is 0.863. The second-order valence-electron chi connectivity index (χ2n) is 5.12. The molecule has 5 nitrogen and oxygen atoms in total. The highest BCUT2D eigenvalue weighted by molar-refractivity contribution is 7.09. The number of hydrogen-bond donors (Lipinski definition) is 1. The van der Waals surface area contributed by atoms with Gasteiger partial charge < -0.3 is 10.1 Å². The molecule has 0 radical (unpaired) electrons. The van der Waals surface area contributed by atoms with Crippen LogP contribution in [0.1, 0.15) is 25.1 Å². The van der Waals surface area contributed by atoms with Crippen molar-refractivity contribution < 1.29 is 4.74 Å². The lowest BCUT2D eigenvalue weighted by atomic mass is 10.1. The van der Waals surface area contributed by atoms with Crippen molar-refractivity contribution in [3.05, 3.63) is 5.82 Å². The zero-order chi connectivity index (χ0) is 12.4. The Labute approximate surface area is 112 Å². The molecule has 6 heteroatoms. The average Bonchev–Trinajstić information content (AvgIpc) is 3.01. The fourth-order valence-corrected chi connectivity index (χ4v) is 3.47. The third-order valence-electron chi connectivity index (χ3n) is 3.78. The predicted octanol–water partition coefficient (Wildman–Crippen LogP) is 1.51. The van der Waals surface area contributed by atoms with Crippen LogP contribution < -0.4 is 5.32 Å². The van der Waals surface area contributed by atoms with E-state index in [2.05, 4.69) is 19.6 Å². The Hall–Kier alpha value is -0.720. The number of likely N-dealkylation sites (tertiary alicyclic amines) is 1. The summed E-state index contributed by atoms with van der Waals surface area (Å²) in [6, 6.07) is 1.25. The molecule has 1 aromatic heterocycles. The molecule has 2 aliphatic rings. The van der Waals surface area contributed by atoms with Crippen LogP contribution in [0.15, 0.2) is 0 Å². The molecule has 0 saturated carbocycles. The smallest absolute Gasteiger partial charge is 0.202 e. The molecule has 100 valence electrons. The predicted molar refractivity (Wildman–Crippen MR) is 72.1 cm³/mol. The van der Waals surface area contributed by atoms with E-state index in [1.165, 1.54) is 37.3 Å². The molecule has 3 rings (SSSR count). The lowest BCUT2D eigenvalue weighted by Crippen LogP contribution is -2.39. The van der Waals surface area contributed by atoms with Crippen molar-refractivity contribution in [1.29, 1.82) is 0 Å². The van der Waals surface area contributed by atoms with Gasteiger partial charge >= 0.3 is 0 Å². The van der Waals surface area contributed by atoms with Gasteiger partial charge in [-0.05, 0) is 26.2 Å². The molecule has 1 unspecified atom stereocenters. The quantitative estimate of drug-likeness (QED) is 0.900. The molecule has 18 heavy (non-hydrogen) atoms. The molecular weight excluding hydrogens is 248 g/mol. The first-order valence-corrected chi connectivity index (χ1v) is 7.47. The Morgan fingerprint density at radius 2 is 2.17 bits per heavy atom. The number of nitrogens with one attached hydrogen (secondary N) is 1. The molecule has 2 fully saturated rings. The minimum atomic E-state index is 0.528. The summed E-state index contributed by atoms with van der Waals surface area (Å²) in [5, 5.41) is 4.47. The molecule has 1 N–H and O–H groups in total. The van der Waals surface area contributed by atoms with Crippen molar-refractivity contribution in [1.82, 2.24) is 14.3 Å². The van der Waals surface area contributed by atoms with E-state index < -0.39 is 0 Å². The van der Waals surface area contributed by atoms with Gasteiger partial charge in [0.05, 0.1) is 0 Å². The van der Waals surface area contributed by atoms with Crippen molar-refractivity contribution in [2.45, 2.75) is 38.3 Å². The Kier molecular flexibility index (Phi) is 3.77. The minimum Gasteiger partial charge on any atom is -0.381 e. The van der Waals surface area contributed by atoms with Crippen molar-refractivity contribution in [2.24, 2.45) is 0 Å². The molecule has 3 heterocycles. The zero-order valence-electron chi connectivity index (χ0n) is 10.8. The van der Waals surface area contributed by atoms with Gasteiger partial charge in [0.1, 0.15) is 5.82 Å². The monoisotopic (exact) mass is 268 g/mol. The fourth-order valence-electron chi connectivity index (χ4n) is 2.82. The average molecular weight is 268 g/mol. The highest BCUT2D eigenvalue weighted by Crippen LogP contribution is 2.22. The molecule has 0 aromatic carbocycles. The Morgan fingerprint density at radius 3 is 2.89 bits per heavy atom. The van der Waals surface area contributed by atoms with E-state index in [-0.39, 0.29) is 0 Å². The molecule has 0 spiro atoms. The van der Waals surface area contributed by atoms with Gasteiger partial charge in [-0.3, -0.25) is 4.90 Å². The molecule has 0 amide bonds. The third kappa shape index (κ3) is 2.81. The number of rotatable bonds is 3. The summed E-state index contributed by atoms with van der Waals surface area (Å²) < 4.78 is 9.63. The van der Waals surface area contributed by atoms with Gasteiger partial charge in [-0.1, -0.05) is 0 Å². The normalized spacial score (nSPS) is 26.6. The Balaban J connectivity index is 1.51. The van der Waals surface area contributed by atoms with Crippen LogP contribution in [-0.4, -0.2) is 52.6 Å². The number of ether oxygens (including phenoxy) is 1. The van der Waals surface area contributed by atoms with Crippen molar-refractivity contribution in [3.8, 4) is 0 Å². The van der Waals surface area contributed by atoms with E-state index >= 15 is 0 Å². The summed E-state index contributed by atoms with van der Waals surface area (Å²) in [7, 11) is 0. The second kappa shape index (κ2) is 5.50. The van der Waals surface area contributed by atoms with Crippen molar-refractivity contribution in [2.75, 3.05) is 31.6 Å². The van der Waals surface area contributed by atoms with E-state index in [1.54, 1.807) is 0 Å². The van der Waals surface area contributed by atoms with Gasteiger partial charge in [-0.25, -0.2) is 4.98 Å². The number of nitrogens with zero attached hydrogens (tertiary/aromatic N) is 3. The highest BCUT2D eigenvalue weighted by Gasteiger charge is 2.29. The lowest BCUT2D eigenvalue weighted by molar-refractivity contribution is 0.0421. The molecule has 0 aliphatic carbocycles. The highest BCUT2D eigenvalue weighted by atomic mass is 32.1. The number of anilines is 1. The SMILES string of the molecule is Cc1nsc(NC2CCN(C3CCOCC3)C2)n1. The van der Waals surface area contributed by atoms with Crippen LogP contribution in [-0.2, 0) is 4.74 Å². The van der Waals surface area contributed by atoms with Crippen LogP contribution in [0.2, 0.25) is 0 Å². The van der Waals surface area contributed by atoms with E-state index in [4.69, 9.17) is 4.74 Å². The van der Waals surface area contributed by atoms with Crippen LogP contribution in [0.25, 0.3) is 0 Å². The molecular formula is C12H20N4OS. The van der Waals surface area contributed by atoms with Crippen LogP contribution in [0.3, 0.4) is 0 Å². The van der Waals surface area contributed by atoms with Gasteiger partial charge in [0.2, 0.25) is 5.13 Å². The summed E-state index contributed by atoms with van der Waals surface area (Å²) in [6.45, 7) is 6.11. The van der Waals surface area contributed by atoms with Crippen LogP contribution in [0.5, 0.6) is 0 Å². The van der Waals surface area contributed by atoms with Crippen molar-refractivity contribution >= 4 is 16.7 Å². The Morgan fingerprint density at radius 1 is 1.33 bits per heavy atom. The van der Waals surface area contributed by atoms with Gasteiger partial charge in [-0.2, -0.15) is 4.37 Å². The molecule has 2 aliphatic heterocycles. The maximum absolute atomic E-state index is 5.43. The van der Waals surface area contributed by atoms with Gasteiger partial charge in [-0.15, -0.1) is 0 Å². The topological polar surface area (TPSA) is 50.3 Å². The zero-order valence-corrected chi connectivity index (χ0v) is 11.6. The Bertz CT molecular complexity index is 391. The molecule has 1 aromatic rings. The number of hydrogen-bond acceptors (Lipinski definition) is 6. The number of aromatic nitrogens is 2. The second-order valence-corrected chi connectivity index (χ2v) is 5.87. The molecule has 0 bridgehead atoms. The van der Waals surface area contributed by atoms with E-state index in [0.717, 1.165) is 36.8 Å². The van der Waals surface area contributed by atoms with Crippen molar-refractivity contribution in [3.63, 3.8) is 0 Å². The van der Waals surface area contributed by atoms with E-state index in [0.29, 0.717) is 6.04 Å². The largest absolute Gasteiger partial charge is 0.381 e. The van der Waals surface area contributed by atoms with Crippen LogP contribution in [0.4, 0.5) is 5.13 Å². The van der Waals surface area contributed by atoms with Gasteiger partial charge in [0.25, 0.3) is 0 Å². The fraction of sp³-hybridized carbons (Fsp3) is 0.833. The number of aryl methyl sites for hydroxylation is 1. The van der Waals surface area contributed by atoms with Crippen LogP contribution in [0, 0.1) is 6.92 Å².